The second-order valence-corrected chi connectivity index (χ2v) is 10.8. The quantitative estimate of drug-likeness (QED) is 0.364. The molecule has 188 valence electrons. The first-order chi connectivity index (χ1) is 18.7. The van der Waals surface area contributed by atoms with E-state index in [9.17, 15) is 5.26 Å². The van der Waals surface area contributed by atoms with Crippen LogP contribution < -0.4 is 9.80 Å². The molecule has 1 N–H and O–H groups in total. The van der Waals surface area contributed by atoms with Crippen LogP contribution >= 0.6 is 11.6 Å². The normalized spacial score (nSPS) is 16.6. The summed E-state index contributed by atoms with van der Waals surface area (Å²) in [5.41, 5.74) is 8.61. The van der Waals surface area contributed by atoms with Crippen LogP contribution in [0.15, 0.2) is 78.9 Å². The fraction of sp³-hybridized carbons (Fsp3) is 0.250. The summed E-state index contributed by atoms with van der Waals surface area (Å²) in [4.78, 5) is 9.02. The van der Waals surface area contributed by atoms with Crippen molar-refractivity contribution in [2.45, 2.75) is 25.3 Å². The van der Waals surface area contributed by atoms with E-state index >= 15 is 0 Å². The Kier molecular flexibility index (Phi) is 5.80. The Morgan fingerprint density at radius 3 is 2.37 bits per heavy atom. The number of nitrogens with zero attached hydrogens (tertiary/aromatic N) is 4. The average Bonchev–Trinajstić information content (AvgIpc) is 3.59. The van der Waals surface area contributed by atoms with E-state index in [0.29, 0.717) is 0 Å². The molecule has 5 nitrogen and oxygen atoms in total. The number of piperazine rings is 1. The molecule has 1 unspecified atom stereocenters. The summed E-state index contributed by atoms with van der Waals surface area (Å²) in [5, 5.41) is 11.0. The van der Waals surface area contributed by atoms with Gasteiger partial charge in [-0.25, -0.2) is 4.98 Å². The smallest absolute Gasteiger partial charge is 0.157 e. The third-order valence-corrected chi connectivity index (χ3v) is 8.70. The lowest BCUT2D eigenvalue weighted by molar-refractivity contribution is -0.926. The largest absolute Gasteiger partial charge is 0.346 e. The van der Waals surface area contributed by atoms with E-state index in [-0.39, 0.29) is 6.04 Å². The monoisotopic (exact) mass is 518 g/mol. The topological polar surface area (TPSA) is 48.8 Å². The van der Waals surface area contributed by atoms with Gasteiger partial charge in [0.05, 0.1) is 47.8 Å². The fourth-order valence-corrected chi connectivity index (χ4v) is 6.92. The zero-order chi connectivity index (χ0) is 25.6. The molecule has 0 bridgehead atoms. The maximum absolute atomic E-state index is 10.1. The Hall–Kier alpha value is -3.85. The number of imidazole rings is 1. The van der Waals surface area contributed by atoms with E-state index in [1.165, 1.54) is 33.0 Å². The van der Waals surface area contributed by atoms with Gasteiger partial charge in [-0.3, -0.25) is 4.40 Å². The average molecular weight is 519 g/mol. The highest BCUT2D eigenvalue weighted by Gasteiger charge is 2.34. The van der Waals surface area contributed by atoms with Gasteiger partial charge in [0.1, 0.15) is 17.9 Å². The number of rotatable bonds is 4. The van der Waals surface area contributed by atoms with Crippen LogP contribution in [0.3, 0.4) is 0 Å². The highest BCUT2D eigenvalue weighted by atomic mass is 35.5. The number of hydrogen-bond donors (Lipinski definition) is 1. The van der Waals surface area contributed by atoms with E-state index in [2.05, 4.69) is 76.0 Å². The highest BCUT2D eigenvalue weighted by Crippen LogP contribution is 2.38. The van der Waals surface area contributed by atoms with Crippen LogP contribution in [0, 0.1) is 11.3 Å². The van der Waals surface area contributed by atoms with Crippen molar-refractivity contribution in [1.82, 2.24) is 9.38 Å². The molecular formula is C32H29ClN5+. The first kappa shape index (κ1) is 23.3. The highest BCUT2D eigenvalue weighted by molar-refractivity contribution is 6.31. The number of quaternary nitrogens is 1. The van der Waals surface area contributed by atoms with Gasteiger partial charge in [-0.2, -0.15) is 5.26 Å². The summed E-state index contributed by atoms with van der Waals surface area (Å²) < 4.78 is 2.27. The summed E-state index contributed by atoms with van der Waals surface area (Å²) in [5.74, 6) is 1.24. The van der Waals surface area contributed by atoms with Crippen LogP contribution in [-0.4, -0.2) is 35.6 Å². The lowest BCUT2D eigenvalue weighted by Crippen LogP contribution is -3.15. The molecule has 0 spiro atoms. The molecule has 2 aliphatic rings. The molecule has 1 atom stereocenters. The van der Waals surface area contributed by atoms with Gasteiger partial charge < -0.3 is 9.80 Å². The maximum Gasteiger partial charge on any atom is 0.157 e. The number of anilines is 1. The number of nitrogens with one attached hydrogen (secondary N) is 1. The molecule has 38 heavy (non-hydrogen) atoms. The summed E-state index contributed by atoms with van der Waals surface area (Å²) in [6.45, 7) is 3.85. The van der Waals surface area contributed by atoms with Crippen molar-refractivity contribution < 1.29 is 4.90 Å². The minimum Gasteiger partial charge on any atom is -0.346 e. The Morgan fingerprint density at radius 1 is 0.868 bits per heavy atom. The summed E-state index contributed by atoms with van der Waals surface area (Å²) in [7, 11) is 0. The molecule has 1 saturated heterocycles. The Balaban J connectivity index is 1.30. The Labute approximate surface area is 227 Å². The SMILES string of the molecule is N#Cc1c2c(c(N3CC[NH+](C(c4ccccc4)c4ccccc4Cl)CC3)n3c1nc1ccccc13)CCC2. The van der Waals surface area contributed by atoms with Gasteiger partial charge in [-0.1, -0.05) is 72.3 Å². The van der Waals surface area contributed by atoms with Gasteiger partial charge in [-0.15, -0.1) is 0 Å². The molecule has 3 aromatic carbocycles. The predicted molar refractivity (Wildman–Crippen MR) is 152 cm³/mol. The minimum absolute atomic E-state index is 0.188. The summed E-state index contributed by atoms with van der Waals surface area (Å²) in [6, 6.07) is 30.0. The molecule has 0 radical (unpaired) electrons. The molecule has 0 saturated carbocycles. The van der Waals surface area contributed by atoms with E-state index in [1.807, 2.05) is 18.2 Å². The molecular weight excluding hydrogens is 490 g/mol. The Morgan fingerprint density at radius 2 is 1.58 bits per heavy atom. The van der Waals surface area contributed by atoms with Crippen LogP contribution in [0.25, 0.3) is 16.7 Å². The van der Waals surface area contributed by atoms with Gasteiger partial charge in [0.15, 0.2) is 5.65 Å². The van der Waals surface area contributed by atoms with Crippen LogP contribution in [0.5, 0.6) is 0 Å². The van der Waals surface area contributed by atoms with Crippen molar-refractivity contribution in [3.05, 3.63) is 112 Å². The van der Waals surface area contributed by atoms with Crippen LogP contribution in [0.2, 0.25) is 5.02 Å². The van der Waals surface area contributed by atoms with Gasteiger partial charge >= 0.3 is 0 Å². The lowest BCUT2D eigenvalue weighted by Gasteiger charge is -2.39. The number of halogens is 1. The summed E-state index contributed by atoms with van der Waals surface area (Å²) >= 11 is 6.75. The number of aromatic nitrogens is 2. The molecule has 6 heteroatoms. The van der Waals surface area contributed by atoms with Crippen molar-refractivity contribution in [2.24, 2.45) is 0 Å². The zero-order valence-electron chi connectivity index (χ0n) is 21.2. The number of hydrogen-bond acceptors (Lipinski definition) is 3. The first-order valence-electron chi connectivity index (χ1n) is 13.5. The van der Waals surface area contributed by atoms with Gasteiger partial charge in [0.2, 0.25) is 0 Å². The first-order valence-corrected chi connectivity index (χ1v) is 13.9. The molecule has 3 heterocycles. The van der Waals surface area contributed by atoms with Crippen molar-refractivity contribution in [2.75, 3.05) is 31.1 Å². The Bertz CT molecular complexity index is 1690. The number of pyridine rings is 1. The van der Waals surface area contributed by atoms with Crippen molar-refractivity contribution in [1.29, 1.82) is 5.26 Å². The van der Waals surface area contributed by atoms with Crippen LogP contribution in [0.4, 0.5) is 5.82 Å². The third-order valence-electron chi connectivity index (χ3n) is 8.36. The van der Waals surface area contributed by atoms with E-state index < -0.39 is 0 Å². The second kappa shape index (κ2) is 9.47. The lowest BCUT2D eigenvalue weighted by atomic mass is 9.96. The zero-order valence-corrected chi connectivity index (χ0v) is 22.0. The van der Waals surface area contributed by atoms with Gasteiger partial charge in [-0.05, 0) is 48.6 Å². The van der Waals surface area contributed by atoms with Gasteiger partial charge in [0.25, 0.3) is 0 Å². The van der Waals surface area contributed by atoms with E-state index in [4.69, 9.17) is 16.6 Å². The molecule has 7 rings (SSSR count). The predicted octanol–water partition coefficient (Wildman–Crippen LogP) is 5.00. The maximum atomic E-state index is 10.1. The fourth-order valence-electron chi connectivity index (χ4n) is 6.68. The van der Waals surface area contributed by atoms with Crippen molar-refractivity contribution in [3.63, 3.8) is 0 Å². The second-order valence-electron chi connectivity index (χ2n) is 10.4. The van der Waals surface area contributed by atoms with E-state index in [1.54, 1.807) is 0 Å². The molecule has 1 aliphatic carbocycles. The van der Waals surface area contributed by atoms with E-state index in [0.717, 1.165) is 72.7 Å². The molecule has 1 aliphatic heterocycles. The molecule has 1 fully saturated rings. The van der Waals surface area contributed by atoms with Crippen LogP contribution in [-0.2, 0) is 12.8 Å². The van der Waals surface area contributed by atoms with Crippen LogP contribution in [0.1, 0.15) is 40.3 Å². The van der Waals surface area contributed by atoms with Crippen molar-refractivity contribution >= 4 is 34.1 Å². The minimum atomic E-state index is 0.188. The summed E-state index contributed by atoms with van der Waals surface area (Å²) in [6.07, 6.45) is 3.07. The number of fused-ring (bicyclic) bond motifs is 4. The number of benzene rings is 3. The van der Waals surface area contributed by atoms with Gasteiger partial charge in [0, 0.05) is 11.1 Å². The number of para-hydroxylation sites is 2. The standard InChI is InChI=1S/C32H28ClN5/c33-27-14-5-4-11-25(27)30(22-9-2-1-3-10-22)36-17-19-37(20-18-36)32-24-13-8-12-23(24)26(21-34)31-35-28-15-6-7-16-29(28)38(31)32/h1-7,9-11,14-16,30H,8,12-13,17-20H2/p+1. The van der Waals surface area contributed by atoms with Crippen molar-refractivity contribution in [3.8, 4) is 6.07 Å². The molecule has 0 amide bonds. The third kappa shape index (κ3) is 3.67. The number of nitriles is 1. The molecule has 5 aromatic rings. The molecule has 2 aromatic heterocycles.